The summed E-state index contributed by atoms with van der Waals surface area (Å²) in [6.45, 7) is 1.89. The molecule has 0 fully saturated rings. The Hall–Kier alpha value is -2.35. The molecule has 8 heteroatoms. The third-order valence-electron chi connectivity index (χ3n) is 2.90. The molecule has 1 heterocycles. The Morgan fingerprint density at radius 3 is 2.81 bits per heavy atom. The summed E-state index contributed by atoms with van der Waals surface area (Å²) < 4.78 is 26.6. The van der Waals surface area contributed by atoms with Crippen LogP contribution in [0.1, 0.15) is 12.5 Å². The fourth-order valence-corrected chi connectivity index (χ4v) is 2.67. The maximum Gasteiger partial charge on any atom is 0.278 e. The number of nitrogens with zero attached hydrogens (tertiary/aromatic N) is 2. The first kappa shape index (κ1) is 15.0. The second-order valence-corrected chi connectivity index (χ2v) is 6.25. The topological polar surface area (TPSA) is 95.2 Å². The molecule has 0 aliphatic rings. The molecule has 2 rings (SSSR count). The van der Waals surface area contributed by atoms with E-state index < -0.39 is 10.0 Å². The average Bonchev–Trinajstić information content (AvgIpc) is 2.93. The number of imidazole rings is 1. The fraction of sp³-hybridized carbons (Fsp3) is 0.231. The Bertz CT molecular complexity index is 726. The number of carbonyl (C=O) groups is 1. The van der Waals surface area contributed by atoms with Gasteiger partial charge in [0.15, 0.2) is 5.03 Å². The summed E-state index contributed by atoms with van der Waals surface area (Å²) in [5.41, 5.74) is 1.26. The van der Waals surface area contributed by atoms with Gasteiger partial charge in [0, 0.05) is 26.2 Å². The van der Waals surface area contributed by atoms with Gasteiger partial charge in [-0.2, -0.15) is 8.42 Å². The van der Waals surface area contributed by atoms with E-state index in [-0.39, 0.29) is 10.9 Å². The third kappa shape index (κ3) is 3.82. The number of amides is 1. The molecule has 0 saturated carbocycles. The van der Waals surface area contributed by atoms with Crippen molar-refractivity contribution < 1.29 is 13.2 Å². The zero-order chi connectivity index (χ0) is 15.5. The number of nitrogens with one attached hydrogen (secondary N) is 2. The highest BCUT2D eigenvalue weighted by Gasteiger charge is 2.15. The quantitative estimate of drug-likeness (QED) is 0.867. The number of benzene rings is 1. The average molecular weight is 308 g/mol. The molecule has 2 aromatic rings. The second-order valence-electron chi connectivity index (χ2n) is 4.60. The summed E-state index contributed by atoms with van der Waals surface area (Å²) in [6.07, 6.45) is 2.53. The highest BCUT2D eigenvalue weighted by Crippen LogP contribution is 2.16. The van der Waals surface area contributed by atoms with Crippen molar-refractivity contribution in [2.45, 2.75) is 18.5 Å². The molecule has 0 saturated heterocycles. The predicted octanol–water partition coefficient (Wildman–Crippen LogP) is 1.19. The van der Waals surface area contributed by atoms with Crippen LogP contribution in [0.2, 0.25) is 0 Å². The lowest BCUT2D eigenvalue weighted by Gasteiger charge is -2.15. The van der Waals surface area contributed by atoms with Gasteiger partial charge >= 0.3 is 0 Å². The molecule has 1 amide bonds. The molecule has 1 aromatic heterocycles. The maximum atomic E-state index is 12.1. The van der Waals surface area contributed by atoms with Crippen LogP contribution in [0.25, 0.3) is 0 Å². The number of aromatic nitrogens is 2. The monoisotopic (exact) mass is 308 g/mol. The van der Waals surface area contributed by atoms with Gasteiger partial charge in [-0.25, -0.2) is 4.98 Å². The van der Waals surface area contributed by atoms with Crippen LogP contribution in [0.3, 0.4) is 0 Å². The third-order valence-corrected chi connectivity index (χ3v) is 4.21. The van der Waals surface area contributed by atoms with Crippen LogP contribution >= 0.6 is 0 Å². The molecule has 0 radical (unpaired) electrons. The molecule has 0 atom stereocenters. The first-order valence-electron chi connectivity index (χ1n) is 6.20. The van der Waals surface area contributed by atoms with Crippen molar-refractivity contribution in [3.05, 3.63) is 42.4 Å². The smallest absolute Gasteiger partial charge is 0.278 e. The van der Waals surface area contributed by atoms with Crippen molar-refractivity contribution in [1.29, 1.82) is 0 Å². The van der Waals surface area contributed by atoms with E-state index in [0.29, 0.717) is 12.2 Å². The zero-order valence-corrected chi connectivity index (χ0v) is 12.5. The molecule has 2 N–H and O–H groups in total. The van der Waals surface area contributed by atoms with Gasteiger partial charge in [0.2, 0.25) is 5.91 Å². The van der Waals surface area contributed by atoms with Crippen molar-refractivity contribution in [3.8, 4) is 0 Å². The van der Waals surface area contributed by atoms with E-state index in [9.17, 15) is 13.2 Å². The summed E-state index contributed by atoms with van der Waals surface area (Å²) in [5, 5.41) is -0.00578. The Kier molecular flexibility index (Phi) is 4.27. The summed E-state index contributed by atoms with van der Waals surface area (Å²) in [6, 6.07) is 6.89. The van der Waals surface area contributed by atoms with E-state index in [2.05, 4.69) is 14.7 Å². The van der Waals surface area contributed by atoms with Crippen molar-refractivity contribution in [1.82, 2.24) is 14.9 Å². The number of carbonyl (C=O) groups excluding carboxylic acids is 1. The van der Waals surface area contributed by atoms with E-state index in [1.54, 1.807) is 30.1 Å². The van der Waals surface area contributed by atoms with Crippen LogP contribution in [0, 0.1) is 0 Å². The molecule has 0 bridgehead atoms. The van der Waals surface area contributed by atoms with E-state index >= 15 is 0 Å². The zero-order valence-electron chi connectivity index (χ0n) is 11.7. The number of anilines is 1. The lowest BCUT2D eigenvalue weighted by Crippen LogP contribution is -2.23. The number of hydrogen-bond acceptors (Lipinski definition) is 4. The lowest BCUT2D eigenvalue weighted by atomic mass is 10.2. The molecule has 1 aromatic carbocycles. The Morgan fingerprint density at radius 2 is 2.19 bits per heavy atom. The van der Waals surface area contributed by atoms with Gasteiger partial charge in [0.25, 0.3) is 10.0 Å². The molecular formula is C13H16N4O3S. The molecule has 0 aliphatic carbocycles. The first-order chi connectivity index (χ1) is 9.88. The van der Waals surface area contributed by atoms with E-state index in [1.165, 1.54) is 19.4 Å². The van der Waals surface area contributed by atoms with E-state index in [1.807, 2.05) is 6.07 Å². The minimum atomic E-state index is -3.68. The Balaban J connectivity index is 2.17. The van der Waals surface area contributed by atoms with Crippen LogP contribution in [0.4, 0.5) is 5.69 Å². The largest absolute Gasteiger partial charge is 0.342 e. The standard InChI is InChI=1S/C13H16N4O3S/c1-10(18)17(2)8-11-4-3-5-12(6-11)16-21(19,20)13-7-14-9-15-13/h3-7,9,16H,8H2,1-2H3,(H,14,15). The summed E-state index contributed by atoms with van der Waals surface area (Å²) >= 11 is 0. The fourth-order valence-electron chi connectivity index (χ4n) is 1.72. The summed E-state index contributed by atoms with van der Waals surface area (Å²) in [7, 11) is -2.00. The van der Waals surface area contributed by atoms with Crippen molar-refractivity contribution >= 4 is 21.6 Å². The second kappa shape index (κ2) is 5.96. The SMILES string of the molecule is CC(=O)N(C)Cc1cccc(NS(=O)(=O)c2cnc[nH]2)c1. The molecule has 7 nitrogen and oxygen atoms in total. The molecule has 21 heavy (non-hydrogen) atoms. The van der Waals surface area contributed by atoms with Crippen LogP contribution in [0.15, 0.2) is 41.8 Å². The van der Waals surface area contributed by atoms with Gasteiger partial charge in [-0.15, -0.1) is 0 Å². The highest BCUT2D eigenvalue weighted by atomic mass is 32.2. The van der Waals surface area contributed by atoms with Gasteiger partial charge in [-0.3, -0.25) is 9.52 Å². The first-order valence-corrected chi connectivity index (χ1v) is 7.68. The van der Waals surface area contributed by atoms with Gasteiger partial charge in [-0.1, -0.05) is 12.1 Å². The molecule has 0 unspecified atom stereocenters. The van der Waals surface area contributed by atoms with E-state index in [4.69, 9.17) is 0 Å². The summed E-state index contributed by atoms with van der Waals surface area (Å²) in [4.78, 5) is 19.0. The minimum absolute atomic E-state index is 0.00578. The number of aromatic amines is 1. The number of rotatable bonds is 5. The van der Waals surface area contributed by atoms with Gasteiger partial charge in [0.05, 0.1) is 12.5 Å². The van der Waals surface area contributed by atoms with Crippen molar-refractivity contribution in [2.24, 2.45) is 0 Å². The van der Waals surface area contributed by atoms with Gasteiger partial charge in [0.1, 0.15) is 0 Å². The number of hydrogen-bond donors (Lipinski definition) is 2. The molecule has 112 valence electrons. The number of sulfonamides is 1. The minimum Gasteiger partial charge on any atom is -0.342 e. The van der Waals surface area contributed by atoms with Crippen molar-refractivity contribution in [2.75, 3.05) is 11.8 Å². The van der Waals surface area contributed by atoms with Crippen LogP contribution in [-0.2, 0) is 21.4 Å². The highest BCUT2D eigenvalue weighted by molar-refractivity contribution is 7.92. The number of H-pyrrole nitrogens is 1. The normalized spacial score (nSPS) is 11.1. The van der Waals surface area contributed by atoms with Crippen LogP contribution in [0.5, 0.6) is 0 Å². The van der Waals surface area contributed by atoms with Gasteiger partial charge in [-0.05, 0) is 17.7 Å². The van der Waals surface area contributed by atoms with E-state index in [0.717, 1.165) is 5.56 Å². The molecule has 0 aliphatic heterocycles. The summed E-state index contributed by atoms with van der Waals surface area (Å²) in [5.74, 6) is -0.0570. The van der Waals surface area contributed by atoms with Crippen LogP contribution < -0.4 is 4.72 Å². The Morgan fingerprint density at radius 1 is 1.43 bits per heavy atom. The van der Waals surface area contributed by atoms with Crippen LogP contribution in [-0.4, -0.2) is 36.2 Å². The Labute approximate surface area is 123 Å². The lowest BCUT2D eigenvalue weighted by molar-refractivity contribution is -0.128. The van der Waals surface area contributed by atoms with Crippen molar-refractivity contribution in [3.63, 3.8) is 0 Å². The molecule has 0 spiro atoms. The van der Waals surface area contributed by atoms with Gasteiger partial charge < -0.3 is 9.88 Å². The predicted molar refractivity (Wildman–Crippen MR) is 78.0 cm³/mol. The molecular weight excluding hydrogens is 292 g/mol. The maximum absolute atomic E-state index is 12.1.